The lowest BCUT2D eigenvalue weighted by molar-refractivity contribution is 0.587. The van der Waals surface area contributed by atoms with Gasteiger partial charge in [0.1, 0.15) is 4.90 Å². The maximum atomic E-state index is 12.0. The molecule has 15 heavy (non-hydrogen) atoms. The third kappa shape index (κ3) is 2.25. The zero-order valence-electron chi connectivity index (χ0n) is 8.50. The van der Waals surface area contributed by atoms with Gasteiger partial charge in [0.25, 0.3) is 0 Å². The van der Waals surface area contributed by atoms with Crippen molar-refractivity contribution < 1.29 is 8.42 Å². The third-order valence-electron chi connectivity index (χ3n) is 1.97. The maximum absolute atomic E-state index is 12.0. The van der Waals surface area contributed by atoms with Crippen LogP contribution in [0.2, 0.25) is 5.02 Å². The Labute approximate surface area is 104 Å². The van der Waals surface area contributed by atoms with Gasteiger partial charge < -0.3 is 0 Å². The van der Waals surface area contributed by atoms with Crippen molar-refractivity contribution in [2.24, 2.45) is 0 Å². The van der Waals surface area contributed by atoms with Crippen LogP contribution in [0.15, 0.2) is 4.90 Å². The molecule has 1 aromatic heterocycles. The Kier molecular flexibility index (Phi) is 3.92. The zero-order chi connectivity index (χ0) is 11.8. The van der Waals surface area contributed by atoms with Crippen LogP contribution in [0.4, 0.5) is 0 Å². The number of halogens is 1. The summed E-state index contributed by atoms with van der Waals surface area (Å²) < 4.78 is 23.9. The van der Waals surface area contributed by atoms with Crippen molar-refractivity contribution in [2.75, 3.05) is 0 Å². The molecule has 0 atom stereocenters. The van der Waals surface area contributed by atoms with Gasteiger partial charge in [-0.2, -0.15) is 0 Å². The molecule has 0 aliphatic rings. The summed E-state index contributed by atoms with van der Waals surface area (Å²) in [5.74, 6) is 0. The molecule has 0 fully saturated rings. The normalized spacial score (nSPS) is 12.1. The van der Waals surface area contributed by atoms with Crippen LogP contribution in [0.25, 0.3) is 0 Å². The highest BCUT2D eigenvalue weighted by Crippen LogP contribution is 2.36. The van der Waals surface area contributed by atoms with Gasteiger partial charge in [-0.1, -0.05) is 23.8 Å². The molecule has 1 rings (SSSR count). The Morgan fingerprint density at radius 3 is 2.33 bits per heavy atom. The smallest absolute Gasteiger partial charge is 0.183 e. The van der Waals surface area contributed by atoms with E-state index in [0.717, 1.165) is 0 Å². The molecule has 0 unspecified atom stereocenters. The topological polar surface area (TPSA) is 34.1 Å². The fourth-order valence-corrected chi connectivity index (χ4v) is 4.59. The Balaban J connectivity index is 3.52. The van der Waals surface area contributed by atoms with Crippen LogP contribution in [0, 0.1) is 6.92 Å². The Morgan fingerprint density at radius 1 is 1.47 bits per heavy atom. The Bertz CT molecular complexity index is 486. The summed E-state index contributed by atoms with van der Waals surface area (Å²) in [6, 6.07) is 0. The minimum Gasteiger partial charge on any atom is -0.223 e. The van der Waals surface area contributed by atoms with Crippen molar-refractivity contribution in [2.45, 2.75) is 30.9 Å². The van der Waals surface area contributed by atoms with Crippen LogP contribution in [-0.2, 0) is 9.84 Å². The molecule has 1 radical (unpaired) electrons. The van der Waals surface area contributed by atoms with Crippen LogP contribution in [0.3, 0.4) is 0 Å². The van der Waals surface area contributed by atoms with Gasteiger partial charge in [-0.3, -0.25) is 0 Å². The van der Waals surface area contributed by atoms with E-state index in [4.69, 9.17) is 11.6 Å². The molecule has 1 aromatic rings. The van der Waals surface area contributed by atoms with Gasteiger partial charge in [-0.25, -0.2) is 8.42 Å². The average Bonchev–Trinajstić information content (AvgIpc) is 2.41. The van der Waals surface area contributed by atoms with Crippen molar-refractivity contribution in [3.63, 3.8) is 0 Å². The lowest BCUT2D eigenvalue weighted by Gasteiger charge is -2.07. The van der Waals surface area contributed by atoms with Gasteiger partial charge in [0.15, 0.2) is 9.84 Å². The van der Waals surface area contributed by atoms with E-state index >= 15 is 0 Å². The molecule has 2 nitrogen and oxygen atoms in total. The second-order valence-corrected chi connectivity index (χ2v) is 7.57. The molecule has 0 N–H and O–H groups in total. The Hall–Kier alpha value is 0.0300. The number of aryl methyl sites for hydroxylation is 1. The van der Waals surface area contributed by atoms with E-state index in [2.05, 4.69) is 17.6 Å². The van der Waals surface area contributed by atoms with E-state index in [1.165, 1.54) is 11.3 Å². The van der Waals surface area contributed by atoms with E-state index in [1.54, 1.807) is 20.8 Å². The minimum absolute atomic E-state index is 0.205. The second kappa shape index (κ2) is 4.49. The molecule has 0 saturated carbocycles. The van der Waals surface area contributed by atoms with Gasteiger partial charge in [-0.15, -0.1) is 11.3 Å². The fourth-order valence-electron chi connectivity index (χ4n) is 1.13. The molecule has 6 heteroatoms. The van der Waals surface area contributed by atoms with Gasteiger partial charge in [-0.05, 0) is 20.8 Å². The van der Waals surface area contributed by atoms with Gasteiger partial charge in [0.05, 0.1) is 20.5 Å². The largest absolute Gasteiger partial charge is 0.223 e. The van der Waals surface area contributed by atoms with E-state index in [9.17, 15) is 8.42 Å². The number of thiocarbonyl (C=S) groups is 1. The van der Waals surface area contributed by atoms with Gasteiger partial charge in [0, 0.05) is 4.88 Å². The molecule has 0 aromatic carbocycles. The van der Waals surface area contributed by atoms with E-state index in [0.29, 0.717) is 9.75 Å². The number of hydrogen-bond acceptors (Lipinski definition) is 4. The van der Waals surface area contributed by atoms with Crippen molar-refractivity contribution in [1.82, 2.24) is 0 Å². The quantitative estimate of drug-likeness (QED) is 0.799. The molecule has 0 aliphatic heterocycles. The van der Waals surface area contributed by atoms with Gasteiger partial charge in [0.2, 0.25) is 0 Å². The van der Waals surface area contributed by atoms with Crippen LogP contribution >= 0.6 is 35.2 Å². The molecule has 0 amide bonds. The van der Waals surface area contributed by atoms with Crippen molar-refractivity contribution in [3.8, 4) is 0 Å². The highest BCUT2D eigenvalue weighted by atomic mass is 35.5. The molecule has 0 spiro atoms. The van der Waals surface area contributed by atoms with E-state index < -0.39 is 15.1 Å². The number of rotatable bonds is 3. The lowest BCUT2D eigenvalue weighted by Crippen LogP contribution is -2.14. The summed E-state index contributed by atoms with van der Waals surface area (Å²) >= 11 is 11.9. The predicted molar refractivity (Wildman–Crippen MR) is 68.1 cm³/mol. The molecule has 0 aliphatic carbocycles. The zero-order valence-corrected chi connectivity index (χ0v) is 11.7. The SMILES string of the molecule is Cc1sc([C]=S)c(Cl)c1S(=O)(=O)C(C)C. The fraction of sp³-hybridized carbons (Fsp3) is 0.444. The van der Waals surface area contributed by atoms with Crippen molar-refractivity contribution >= 4 is 50.4 Å². The van der Waals surface area contributed by atoms with E-state index in [1.807, 2.05) is 0 Å². The van der Waals surface area contributed by atoms with Crippen molar-refractivity contribution in [1.29, 1.82) is 0 Å². The monoisotopic (exact) mass is 281 g/mol. The predicted octanol–water partition coefficient (Wildman–Crippen LogP) is 3.12. The summed E-state index contributed by atoms with van der Waals surface area (Å²) in [4.78, 5) is 1.39. The summed E-state index contributed by atoms with van der Waals surface area (Å²) in [6.07, 6.45) is 0. The molecule has 83 valence electrons. The first-order valence-electron chi connectivity index (χ1n) is 4.23. The van der Waals surface area contributed by atoms with Crippen LogP contribution < -0.4 is 0 Å². The molecular formula is C9H10ClO2S3. The van der Waals surface area contributed by atoms with E-state index in [-0.39, 0.29) is 9.92 Å². The first-order chi connectivity index (χ1) is 6.82. The number of thiophene rings is 1. The molecule has 0 bridgehead atoms. The first-order valence-corrected chi connectivity index (χ1v) is 7.38. The highest BCUT2D eigenvalue weighted by molar-refractivity contribution is 7.92. The van der Waals surface area contributed by atoms with Gasteiger partial charge >= 0.3 is 0 Å². The molecule has 1 heterocycles. The summed E-state index contributed by atoms with van der Waals surface area (Å²) in [5, 5.41) is 2.20. The van der Waals surface area contributed by atoms with Crippen molar-refractivity contribution in [3.05, 3.63) is 14.8 Å². The number of hydrogen-bond donors (Lipinski definition) is 0. The summed E-state index contributed by atoms with van der Waals surface area (Å²) in [7, 11) is -3.34. The minimum atomic E-state index is -3.34. The second-order valence-electron chi connectivity index (χ2n) is 3.33. The van der Waals surface area contributed by atoms with Crippen LogP contribution in [0.5, 0.6) is 0 Å². The van der Waals surface area contributed by atoms with Crippen LogP contribution in [-0.4, -0.2) is 19.0 Å². The maximum Gasteiger partial charge on any atom is 0.183 e. The third-order valence-corrected chi connectivity index (χ3v) is 6.38. The lowest BCUT2D eigenvalue weighted by atomic mass is 10.4. The summed E-state index contributed by atoms with van der Waals surface area (Å²) in [6.45, 7) is 4.98. The highest BCUT2D eigenvalue weighted by Gasteiger charge is 2.27. The van der Waals surface area contributed by atoms with Crippen LogP contribution in [0.1, 0.15) is 23.6 Å². The average molecular weight is 282 g/mol. The standard InChI is InChI=1S/C9H10ClO2S3/c1-5(2)15(11,12)9-6(3)14-7(4-13)8(9)10/h5H,1-3H3. The number of sulfone groups is 1. The molecular weight excluding hydrogens is 272 g/mol. The summed E-state index contributed by atoms with van der Waals surface area (Å²) in [5.41, 5.74) is 0. The Morgan fingerprint density at radius 2 is 2.00 bits per heavy atom. The first kappa shape index (κ1) is 13.1. The molecule has 0 saturated heterocycles.